The highest BCUT2D eigenvalue weighted by Gasteiger charge is 2.10. The molecular formula is C10H7NO2. The molecular weight excluding hydrogens is 166 g/mol. The summed E-state index contributed by atoms with van der Waals surface area (Å²) in [5, 5.41) is 17.0. The number of carbonyl (C=O) groups excluding carboxylic acids is 1. The predicted octanol–water partition coefficient (Wildman–Crippen LogP) is 1.83. The minimum Gasteiger partial charge on any atom is -0.514 e. The van der Waals surface area contributed by atoms with Gasteiger partial charge in [0.05, 0.1) is 0 Å². The van der Waals surface area contributed by atoms with Gasteiger partial charge in [0.2, 0.25) is 5.78 Å². The number of hydrogen-bond acceptors (Lipinski definition) is 3. The Labute approximate surface area is 75.5 Å². The van der Waals surface area contributed by atoms with Gasteiger partial charge in [0.1, 0.15) is 17.9 Å². The lowest BCUT2D eigenvalue weighted by molar-refractivity contribution is 0.103. The van der Waals surface area contributed by atoms with E-state index in [1.165, 1.54) is 0 Å². The van der Waals surface area contributed by atoms with Crippen molar-refractivity contribution in [2.75, 3.05) is 0 Å². The number of hydrogen-bond donors (Lipinski definition) is 1. The number of carbonyl (C=O) groups is 1. The first-order chi connectivity index (χ1) is 6.29. The number of nitriles is 1. The summed E-state index contributed by atoms with van der Waals surface area (Å²) in [4.78, 5) is 11.4. The van der Waals surface area contributed by atoms with E-state index in [0.717, 1.165) is 0 Å². The quantitative estimate of drug-likeness (QED) is 0.321. The molecule has 0 heterocycles. The lowest BCUT2D eigenvalue weighted by atomic mass is 10.1. The van der Waals surface area contributed by atoms with Crippen molar-refractivity contribution in [3.8, 4) is 6.07 Å². The Bertz CT molecular complexity index is 374. The minimum absolute atomic E-state index is 0.258. The largest absolute Gasteiger partial charge is 0.514 e. The van der Waals surface area contributed by atoms with E-state index < -0.39 is 5.78 Å². The van der Waals surface area contributed by atoms with Crippen molar-refractivity contribution in [1.29, 1.82) is 5.26 Å². The first-order valence-corrected chi connectivity index (χ1v) is 3.64. The van der Waals surface area contributed by atoms with Crippen molar-refractivity contribution in [3.05, 3.63) is 47.7 Å². The van der Waals surface area contributed by atoms with Crippen LogP contribution in [0.1, 0.15) is 10.4 Å². The van der Waals surface area contributed by atoms with Gasteiger partial charge in [-0.15, -0.1) is 0 Å². The number of allylic oxidation sites excluding steroid dienone is 1. The molecule has 1 N–H and O–H groups in total. The van der Waals surface area contributed by atoms with E-state index in [1.807, 2.05) is 0 Å². The second-order valence-corrected chi connectivity index (χ2v) is 2.35. The molecule has 0 amide bonds. The van der Waals surface area contributed by atoms with Crippen LogP contribution in [0.15, 0.2) is 42.2 Å². The first-order valence-electron chi connectivity index (χ1n) is 3.64. The van der Waals surface area contributed by atoms with Gasteiger partial charge in [0, 0.05) is 5.56 Å². The van der Waals surface area contributed by atoms with Gasteiger partial charge >= 0.3 is 0 Å². The topological polar surface area (TPSA) is 61.1 Å². The molecule has 1 rings (SSSR count). The van der Waals surface area contributed by atoms with Gasteiger partial charge in [-0.2, -0.15) is 5.26 Å². The van der Waals surface area contributed by atoms with E-state index in [2.05, 4.69) is 0 Å². The molecule has 0 bridgehead atoms. The summed E-state index contributed by atoms with van der Waals surface area (Å²) in [5.74, 6) is -0.467. The second-order valence-electron chi connectivity index (χ2n) is 2.35. The van der Waals surface area contributed by atoms with Crippen molar-refractivity contribution < 1.29 is 9.90 Å². The molecule has 64 valence electrons. The summed E-state index contributed by atoms with van der Waals surface area (Å²) in [7, 11) is 0. The van der Waals surface area contributed by atoms with Crippen LogP contribution >= 0.6 is 0 Å². The van der Waals surface area contributed by atoms with Gasteiger partial charge < -0.3 is 5.11 Å². The summed E-state index contributed by atoms with van der Waals surface area (Å²) < 4.78 is 0. The minimum atomic E-state index is -0.467. The van der Waals surface area contributed by atoms with Gasteiger partial charge in [-0.25, -0.2) is 0 Å². The molecule has 0 aliphatic carbocycles. The van der Waals surface area contributed by atoms with E-state index in [0.29, 0.717) is 11.8 Å². The smallest absolute Gasteiger partial charge is 0.206 e. The Kier molecular flexibility index (Phi) is 2.82. The molecule has 0 aliphatic heterocycles. The summed E-state index contributed by atoms with van der Waals surface area (Å²) in [6, 6.07) is 9.94. The van der Waals surface area contributed by atoms with Gasteiger partial charge in [-0.1, -0.05) is 30.3 Å². The van der Waals surface area contributed by atoms with Crippen LogP contribution in [0.25, 0.3) is 0 Å². The average Bonchev–Trinajstić information content (AvgIpc) is 2.21. The van der Waals surface area contributed by atoms with Crippen LogP contribution in [0.2, 0.25) is 0 Å². The molecule has 1 aromatic rings. The summed E-state index contributed by atoms with van der Waals surface area (Å²) in [6.45, 7) is 0. The number of benzene rings is 1. The fourth-order valence-corrected chi connectivity index (χ4v) is 0.883. The van der Waals surface area contributed by atoms with Gasteiger partial charge in [-0.05, 0) is 0 Å². The zero-order valence-electron chi connectivity index (χ0n) is 6.77. The Balaban J connectivity index is 3.01. The normalized spacial score (nSPS) is 10.5. The highest BCUT2D eigenvalue weighted by atomic mass is 16.2. The van der Waals surface area contributed by atoms with E-state index in [-0.39, 0.29) is 5.57 Å². The lowest BCUT2D eigenvalue weighted by Crippen LogP contribution is -2.01. The van der Waals surface area contributed by atoms with Crippen molar-refractivity contribution >= 4 is 5.78 Å². The van der Waals surface area contributed by atoms with Crippen LogP contribution in [0.5, 0.6) is 0 Å². The molecule has 13 heavy (non-hydrogen) atoms. The van der Waals surface area contributed by atoms with Crippen molar-refractivity contribution in [2.24, 2.45) is 0 Å². The average molecular weight is 173 g/mol. The Morgan fingerprint density at radius 2 is 2.00 bits per heavy atom. The SMILES string of the molecule is N#CC(=CO)C(=O)c1ccccc1. The number of nitrogens with zero attached hydrogens (tertiary/aromatic N) is 1. The van der Waals surface area contributed by atoms with Crippen LogP contribution < -0.4 is 0 Å². The molecule has 0 saturated carbocycles. The maximum absolute atomic E-state index is 11.4. The standard InChI is InChI=1S/C10H7NO2/c11-6-9(7-12)10(13)8-4-2-1-3-5-8/h1-5,7,12H. The van der Waals surface area contributed by atoms with Gasteiger partial charge in [0.25, 0.3) is 0 Å². The molecule has 0 radical (unpaired) electrons. The fraction of sp³-hybridized carbons (Fsp3) is 0. The highest BCUT2D eigenvalue weighted by molar-refractivity contribution is 6.11. The van der Waals surface area contributed by atoms with Crippen LogP contribution in [0, 0.1) is 11.3 Å². The third kappa shape index (κ3) is 1.94. The molecule has 0 aromatic heterocycles. The van der Waals surface area contributed by atoms with Crippen LogP contribution in [-0.4, -0.2) is 10.9 Å². The van der Waals surface area contributed by atoms with E-state index in [1.54, 1.807) is 36.4 Å². The number of rotatable bonds is 2. The van der Waals surface area contributed by atoms with Crippen molar-refractivity contribution in [2.45, 2.75) is 0 Å². The third-order valence-corrected chi connectivity index (χ3v) is 1.53. The van der Waals surface area contributed by atoms with E-state index in [4.69, 9.17) is 10.4 Å². The van der Waals surface area contributed by atoms with E-state index in [9.17, 15) is 4.79 Å². The highest BCUT2D eigenvalue weighted by Crippen LogP contribution is 2.06. The zero-order valence-corrected chi connectivity index (χ0v) is 6.77. The zero-order chi connectivity index (χ0) is 9.68. The monoisotopic (exact) mass is 173 g/mol. The fourth-order valence-electron chi connectivity index (χ4n) is 0.883. The molecule has 0 saturated heterocycles. The molecule has 3 nitrogen and oxygen atoms in total. The molecule has 0 unspecified atom stereocenters. The van der Waals surface area contributed by atoms with E-state index >= 15 is 0 Å². The number of ketones is 1. The Morgan fingerprint density at radius 3 is 2.46 bits per heavy atom. The van der Waals surface area contributed by atoms with Crippen LogP contribution in [0.4, 0.5) is 0 Å². The second kappa shape index (κ2) is 4.07. The maximum atomic E-state index is 11.4. The molecule has 0 spiro atoms. The first kappa shape index (κ1) is 9.01. The molecule has 1 aromatic carbocycles. The maximum Gasteiger partial charge on any atom is 0.206 e. The molecule has 0 atom stereocenters. The molecule has 0 fully saturated rings. The third-order valence-electron chi connectivity index (χ3n) is 1.53. The number of Topliss-reactive ketones (excluding diaryl/α,β-unsaturated/α-hetero) is 1. The summed E-state index contributed by atoms with van der Waals surface area (Å²) >= 11 is 0. The molecule has 3 heteroatoms. The Hall–Kier alpha value is -2.08. The predicted molar refractivity (Wildman–Crippen MR) is 47.1 cm³/mol. The van der Waals surface area contributed by atoms with Crippen molar-refractivity contribution in [1.82, 2.24) is 0 Å². The summed E-state index contributed by atoms with van der Waals surface area (Å²) in [5.41, 5.74) is 0.135. The van der Waals surface area contributed by atoms with Crippen molar-refractivity contribution in [3.63, 3.8) is 0 Å². The lowest BCUT2D eigenvalue weighted by Gasteiger charge is -1.95. The Morgan fingerprint density at radius 1 is 1.38 bits per heavy atom. The molecule has 0 aliphatic rings. The van der Waals surface area contributed by atoms with Crippen LogP contribution in [-0.2, 0) is 0 Å². The van der Waals surface area contributed by atoms with Gasteiger partial charge in [-0.3, -0.25) is 4.79 Å². The van der Waals surface area contributed by atoms with Gasteiger partial charge in [0.15, 0.2) is 0 Å². The number of aliphatic hydroxyl groups is 1. The summed E-state index contributed by atoms with van der Waals surface area (Å²) in [6.07, 6.45) is 0.523. The van der Waals surface area contributed by atoms with Crippen LogP contribution in [0.3, 0.4) is 0 Å². The number of aliphatic hydroxyl groups excluding tert-OH is 1.